The third kappa shape index (κ3) is 8.38. The summed E-state index contributed by atoms with van der Waals surface area (Å²) in [6, 6.07) is 0.532. The first-order valence-corrected chi connectivity index (χ1v) is 10.1. The number of aliphatic hydroxyl groups is 1. The van der Waals surface area contributed by atoms with Crippen LogP contribution in [0.4, 0.5) is 0 Å². The molecule has 0 aromatic carbocycles. The molecule has 1 heterocycles. The van der Waals surface area contributed by atoms with Crippen LogP contribution in [0.2, 0.25) is 0 Å². The van der Waals surface area contributed by atoms with Gasteiger partial charge in [-0.1, -0.05) is 26.7 Å². The van der Waals surface area contributed by atoms with Gasteiger partial charge in [0.15, 0.2) is 5.96 Å². The molecule has 1 aliphatic rings. The van der Waals surface area contributed by atoms with Gasteiger partial charge in [-0.05, 0) is 39.2 Å². The SMILES string of the molecule is CCCC(O)(CCC)CN=C(NCC)NCC1CCCN1CCOC. The summed E-state index contributed by atoms with van der Waals surface area (Å²) in [5.41, 5.74) is -0.677. The lowest BCUT2D eigenvalue weighted by molar-refractivity contribution is 0.0306. The zero-order valence-electron chi connectivity index (χ0n) is 16.8. The van der Waals surface area contributed by atoms with E-state index in [1.165, 1.54) is 12.8 Å². The first-order chi connectivity index (χ1) is 12.1. The third-order valence-electron chi connectivity index (χ3n) is 4.89. The Morgan fingerprint density at radius 2 is 1.96 bits per heavy atom. The second-order valence-electron chi connectivity index (χ2n) is 7.13. The molecule has 0 saturated carbocycles. The van der Waals surface area contributed by atoms with Gasteiger partial charge < -0.3 is 20.5 Å². The van der Waals surface area contributed by atoms with Gasteiger partial charge in [-0.3, -0.25) is 9.89 Å². The third-order valence-corrected chi connectivity index (χ3v) is 4.89. The van der Waals surface area contributed by atoms with Crippen LogP contribution in [0, 0.1) is 0 Å². The van der Waals surface area contributed by atoms with E-state index in [2.05, 4.69) is 41.3 Å². The minimum Gasteiger partial charge on any atom is -0.388 e. The molecule has 0 spiro atoms. The Balaban J connectivity index is 2.57. The average Bonchev–Trinajstić information content (AvgIpc) is 3.03. The van der Waals surface area contributed by atoms with Crippen LogP contribution in [0.5, 0.6) is 0 Å². The van der Waals surface area contributed by atoms with E-state index in [1.807, 2.05) is 0 Å². The molecule has 0 bridgehead atoms. The zero-order valence-corrected chi connectivity index (χ0v) is 16.8. The Bertz CT molecular complexity index is 370. The molecule has 6 heteroatoms. The molecule has 0 aliphatic carbocycles. The molecular formula is C19H40N4O2. The van der Waals surface area contributed by atoms with Crippen LogP contribution in [0.25, 0.3) is 0 Å². The molecule has 1 fully saturated rings. The van der Waals surface area contributed by atoms with E-state index < -0.39 is 5.60 Å². The van der Waals surface area contributed by atoms with Crippen LogP contribution in [0.15, 0.2) is 4.99 Å². The summed E-state index contributed by atoms with van der Waals surface area (Å²) in [5, 5.41) is 17.5. The highest BCUT2D eigenvalue weighted by Gasteiger charge is 2.26. The molecule has 1 unspecified atom stereocenters. The van der Waals surface area contributed by atoms with Gasteiger partial charge in [-0.25, -0.2) is 0 Å². The Labute approximate surface area is 154 Å². The minimum absolute atomic E-state index is 0.460. The first-order valence-electron chi connectivity index (χ1n) is 10.1. The second-order valence-corrected chi connectivity index (χ2v) is 7.13. The van der Waals surface area contributed by atoms with Crippen molar-refractivity contribution in [1.29, 1.82) is 0 Å². The molecule has 1 atom stereocenters. The summed E-state index contributed by atoms with van der Waals surface area (Å²) in [6.45, 7) is 11.4. The van der Waals surface area contributed by atoms with Crippen molar-refractivity contribution in [2.75, 3.05) is 46.4 Å². The first kappa shape index (κ1) is 22.2. The van der Waals surface area contributed by atoms with E-state index >= 15 is 0 Å². The van der Waals surface area contributed by atoms with Crippen molar-refractivity contribution in [3.63, 3.8) is 0 Å². The zero-order chi connectivity index (χ0) is 18.5. The summed E-state index contributed by atoms with van der Waals surface area (Å²) >= 11 is 0. The molecule has 0 amide bonds. The lowest BCUT2D eigenvalue weighted by Crippen LogP contribution is -2.46. The summed E-state index contributed by atoms with van der Waals surface area (Å²) in [5.74, 6) is 0.812. The highest BCUT2D eigenvalue weighted by atomic mass is 16.5. The van der Waals surface area contributed by atoms with E-state index in [0.717, 1.165) is 64.4 Å². The summed E-state index contributed by atoms with van der Waals surface area (Å²) in [6.07, 6.45) is 6.02. The predicted octanol–water partition coefficient (Wildman–Crippen LogP) is 1.98. The second kappa shape index (κ2) is 12.5. The molecule has 0 aromatic heterocycles. The number of rotatable bonds is 12. The number of likely N-dealkylation sites (tertiary alicyclic amines) is 1. The molecular weight excluding hydrogens is 316 g/mol. The predicted molar refractivity (Wildman–Crippen MR) is 105 cm³/mol. The monoisotopic (exact) mass is 356 g/mol. The number of nitrogens with zero attached hydrogens (tertiary/aromatic N) is 2. The highest BCUT2D eigenvalue weighted by molar-refractivity contribution is 5.79. The van der Waals surface area contributed by atoms with Crippen LogP contribution >= 0.6 is 0 Å². The van der Waals surface area contributed by atoms with Crippen molar-refractivity contribution >= 4 is 5.96 Å². The van der Waals surface area contributed by atoms with E-state index in [-0.39, 0.29) is 0 Å². The van der Waals surface area contributed by atoms with Gasteiger partial charge in [-0.2, -0.15) is 0 Å². The van der Waals surface area contributed by atoms with Gasteiger partial charge >= 0.3 is 0 Å². The molecule has 1 aliphatic heterocycles. The topological polar surface area (TPSA) is 69.1 Å². The van der Waals surface area contributed by atoms with Crippen molar-refractivity contribution in [2.45, 2.75) is 70.9 Å². The molecule has 1 rings (SSSR count). The van der Waals surface area contributed by atoms with Crippen molar-refractivity contribution in [3.05, 3.63) is 0 Å². The number of hydrogen-bond donors (Lipinski definition) is 3. The van der Waals surface area contributed by atoms with Crippen LogP contribution in [-0.2, 0) is 4.74 Å². The van der Waals surface area contributed by atoms with E-state index in [1.54, 1.807) is 7.11 Å². The van der Waals surface area contributed by atoms with Crippen LogP contribution in [0.1, 0.15) is 59.3 Å². The number of hydrogen-bond acceptors (Lipinski definition) is 4. The van der Waals surface area contributed by atoms with E-state index in [9.17, 15) is 5.11 Å². The Morgan fingerprint density at radius 1 is 1.24 bits per heavy atom. The number of guanidine groups is 1. The average molecular weight is 357 g/mol. The van der Waals surface area contributed by atoms with Gasteiger partial charge in [0.05, 0.1) is 18.8 Å². The summed E-state index contributed by atoms with van der Waals surface area (Å²) < 4.78 is 5.21. The van der Waals surface area contributed by atoms with Crippen molar-refractivity contribution in [1.82, 2.24) is 15.5 Å². The molecule has 25 heavy (non-hydrogen) atoms. The lowest BCUT2D eigenvalue weighted by atomic mass is 9.93. The quantitative estimate of drug-likeness (QED) is 0.368. The maximum absolute atomic E-state index is 10.8. The number of nitrogens with one attached hydrogen (secondary N) is 2. The molecule has 3 N–H and O–H groups in total. The smallest absolute Gasteiger partial charge is 0.191 e. The Morgan fingerprint density at radius 3 is 2.56 bits per heavy atom. The Hall–Kier alpha value is -0.850. The van der Waals surface area contributed by atoms with Gasteiger partial charge in [0, 0.05) is 32.8 Å². The molecule has 0 aromatic rings. The van der Waals surface area contributed by atoms with Gasteiger partial charge in [0.25, 0.3) is 0 Å². The summed E-state index contributed by atoms with van der Waals surface area (Å²) in [4.78, 5) is 7.16. The fourth-order valence-corrected chi connectivity index (χ4v) is 3.63. The van der Waals surface area contributed by atoms with E-state index in [4.69, 9.17) is 4.74 Å². The van der Waals surface area contributed by atoms with Crippen molar-refractivity contribution < 1.29 is 9.84 Å². The normalized spacial score (nSPS) is 19.4. The minimum atomic E-state index is -0.677. The van der Waals surface area contributed by atoms with Crippen LogP contribution in [0.3, 0.4) is 0 Å². The van der Waals surface area contributed by atoms with Crippen LogP contribution in [-0.4, -0.2) is 74.0 Å². The fourth-order valence-electron chi connectivity index (χ4n) is 3.63. The van der Waals surface area contributed by atoms with E-state index in [0.29, 0.717) is 12.6 Å². The summed E-state index contributed by atoms with van der Waals surface area (Å²) in [7, 11) is 1.76. The maximum atomic E-state index is 10.8. The largest absolute Gasteiger partial charge is 0.388 e. The molecule has 6 nitrogen and oxygen atoms in total. The number of methoxy groups -OCH3 is 1. The van der Waals surface area contributed by atoms with Crippen molar-refractivity contribution in [2.24, 2.45) is 4.99 Å². The highest BCUT2D eigenvalue weighted by Crippen LogP contribution is 2.20. The Kier molecular flexibility index (Phi) is 11.1. The fraction of sp³-hybridized carbons (Fsp3) is 0.947. The van der Waals surface area contributed by atoms with Crippen LogP contribution < -0.4 is 10.6 Å². The molecule has 1 saturated heterocycles. The molecule has 148 valence electrons. The van der Waals surface area contributed by atoms with Gasteiger partial charge in [0.2, 0.25) is 0 Å². The van der Waals surface area contributed by atoms with Gasteiger partial charge in [0.1, 0.15) is 0 Å². The molecule has 0 radical (unpaired) electrons. The lowest BCUT2D eigenvalue weighted by Gasteiger charge is -2.27. The standard InChI is InChI=1S/C19H40N4O2/c1-5-10-19(24,11-6-2)16-22-18(20-7-3)21-15-17-9-8-12-23(17)13-14-25-4/h17,24H,5-16H2,1-4H3,(H2,20,21,22). The van der Waals surface area contributed by atoms with Gasteiger partial charge in [-0.15, -0.1) is 0 Å². The maximum Gasteiger partial charge on any atom is 0.191 e. The van der Waals surface area contributed by atoms with Crippen molar-refractivity contribution in [3.8, 4) is 0 Å². The number of ether oxygens (including phenoxy) is 1. The number of aliphatic imine (C=N–C) groups is 1.